The highest BCUT2D eigenvalue weighted by Crippen LogP contribution is 2.32. The van der Waals surface area contributed by atoms with E-state index >= 15 is 0 Å². The second-order valence-corrected chi connectivity index (χ2v) is 6.52. The Morgan fingerprint density at radius 3 is 2.86 bits per heavy atom. The Morgan fingerprint density at radius 2 is 2.18 bits per heavy atom. The van der Waals surface area contributed by atoms with Gasteiger partial charge in [0.15, 0.2) is 0 Å². The summed E-state index contributed by atoms with van der Waals surface area (Å²) < 4.78 is 0. The van der Waals surface area contributed by atoms with Crippen LogP contribution in [-0.2, 0) is 4.79 Å². The van der Waals surface area contributed by atoms with Crippen LogP contribution < -0.4 is 4.90 Å². The summed E-state index contributed by atoms with van der Waals surface area (Å²) >= 11 is 6.21. The average Bonchev–Trinajstić information content (AvgIpc) is 2.95. The molecule has 1 amide bonds. The lowest BCUT2D eigenvalue weighted by Gasteiger charge is -2.35. The van der Waals surface area contributed by atoms with Crippen LogP contribution in [0.2, 0.25) is 5.02 Å². The van der Waals surface area contributed by atoms with Gasteiger partial charge in [-0.3, -0.25) is 9.89 Å². The van der Waals surface area contributed by atoms with E-state index in [2.05, 4.69) is 15.1 Å². The maximum absolute atomic E-state index is 11.3. The number of aromatic amines is 1. The quantitative estimate of drug-likeness (QED) is 0.946. The van der Waals surface area contributed by atoms with Crippen LogP contribution in [0.4, 0.5) is 5.69 Å². The van der Waals surface area contributed by atoms with E-state index in [0.29, 0.717) is 5.92 Å². The van der Waals surface area contributed by atoms with Crippen LogP contribution in [0.5, 0.6) is 0 Å². The third kappa shape index (κ3) is 3.04. The van der Waals surface area contributed by atoms with Crippen LogP contribution in [-0.4, -0.2) is 47.7 Å². The minimum absolute atomic E-state index is 0.136. The molecule has 3 rings (SSSR count). The molecule has 2 aromatic rings. The van der Waals surface area contributed by atoms with Crippen LogP contribution >= 0.6 is 11.6 Å². The van der Waals surface area contributed by atoms with Crippen LogP contribution in [0.1, 0.15) is 19.8 Å². The number of carbonyl (C=O) groups excluding carboxylic acids is 1. The Hall–Kier alpha value is -1.75. The SMILES string of the molecule is CC(=O)N(C)CC1CCN(c2cc(Cl)cc3[nH]ncc23)CC1. The number of piperidine rings is 1. The molecule has 0 unspecified atom stereocenters. The molecule has 1 aromatic carbocycles. The van der Waals surface area contributed by atoms with Crippen molar-refractivity contribution >= 4 is 34.1 Å². The lowest BCUT2D eigenvalue weighted by Crippen LogP contribution is -2.39. The molecule has 6 heteroatoms. The topological polar surface area (TPSA) is 52.2 Å². The third-order valence-corrected chi connectivity index (χ3v) is 4.74. The summed E-state index contributed by atoms with van der Waals surface area (Å²) in [4.78, 5) is 15.5. The average molecular weight is 321 g/mol. The number of rotatable bonds is 3. The van der Waals surface area contributed by atoms with Crippen molar-refractivity contribution in [3.63, 3.8) is 0 Å². The van der Waals surface area contributed by atoms with Crippen LogP contribution in [0.3, 0.4) is 0 Å². The van der Waals surface area contributed by atoms with Crippen molar-refractivity contribution < 1.29 is 4.79 Å². The molecule has 118 valence electrons. The van der Waals surface area contributed by atoms with E-state index < -0.39 is 0 Å². The molecule has 0 saturated carbocycles. The zero-order valence-electron chi connectivity index (χ0n) is 13.0. The van der Waals surface area contributed by atoms with E-state index in [9.17, 15) is 4.79 Å². The monoisotopic (exact) mass is 320 g/mol. The lowest BCUT2D eigenvalue weighted by atomic mass is 9.95. The summed E-state index contributed by atoms with van der Waals surface area (Å²) in [6.45, 7) is 4.44. The molecule has 1 aromatic heterocycles. The summed E-state index contributed by atoms with van der Waals surface area (Å²) in [6.07, 6.45) is 4.03. The first-order valence-corrected chi connectivity index (χ1v) is 8.01. The van der Waals surface area contributed by atoms with Gasteiger partial charge in [0.1, 0.15) is 0 Å². The number of hydrogen-bond acceptors (Lipinski definition) is 3. The first kappa shape index (κ1) is 15.2. The molecule has 0 atom stereocenters. The van der Waals surface area contributed by atoms with E-state index in [1.165, 1.54) is 0 Å². The second-order valence-electron chi connectivity index (χ2n) is 6.09. The number of amides is 1. The Balaban J connectivity index is 1.70. The number of hydrogen-bond donors (Lipinski definition) is 1. The minimum atomic E-state index is 0.136. The number of nitrogens with zero attached hydrogens (tertiary/aromatic N) is 3. The molecule has 1 aliphatic heterocycles. The normalized spacial score (nSPS) is 16.2. The van der Waals surface area contributed by atoms with Crippen molar-refractivity contribution in [1.29, 1.82) is 0 Å². The Kier molecular flexibility index (Phi) is 4.25. The Morgan fingerprint density at radius 1 is 1.45 bits per heavy atom. The van der Waals surface area contributed by atoms with Crippen molar-refractivity contribution in [2.45, 2.75) is 19.8 Å². The fourth-order valence-corrected chi connectivity index (χ4v) is 3.34. The van der Waals surface area contributed by atoms with Gasteiger partial charge in [-0.05, 0) is 30.9 Å². The van der Waals surface area contributed by atoms with Crippen molar-refractivity contribution in [3.8, 4) is 0 Å². The van der Waals surface area contributed by atoms with Gasteiger partial charge in [0, 0.05) is 49.7 Å². The Bertz CT molecular complexity index is 676. The molecule has 1 fully saturated rings. The van der Waals surface area contributed by atoms with Gasteiger partial charge in [-0.1, -0.05) is 11.6 Å². The summed E-state index contributed by atoms with van der Waals surface area (Å²) in [5, 5.41) is 8.94. The standard InChI is InChI=1S/C16H21ClN4O/c1-11(22)20(2)10-12-3-5-21(6-4-12)16-8-13(17)7-15-14(16)9-18-19-15/h7-9,12H,3-6,10H2,1-2H3,(H,18,19). The molecular formula is C16H21ClN4O. The molecule has 0 aliphatic carbocycles. The number of benzene rings is 1. The zero-order chi connectivity index (χ0) is 15.7. The highest BCUT2D eigenvalue weighted by atomic mass is 35.5. The molecule has 5 nitrogen and oxygen atoms in total. The van der Waals surface area contributed by atoms with Crippen molar-refractivity contribution in [2.75, 3.05) is 31.6 Å². The van der Waals surface area contributed by atoms with Crippen molar-refractivity contribution in [2.24, 2.45) is 5.92 Å². The van der Waals surface area contributed by atoms with Crippen LogP contribution in [0, 0.1) is 5.92 Å². The summed E-state index contributed by atoms with van der Waals surface area (Å²) in [7, 11) is 1.88. The van der Waals surface area contributed by atoms with Gasteiger partial charge < -0.3 is 9.80 Å². The smallest absolute Gasteiger partial charge is 0.219 e. The predicted molar refractivity (Wildman–Crippen MR) is 89.4 cm³/mol. The number of fused-ring (bicyclic) bond motifs is 1. The fourth-order valence-electron chi connectivity index (χ4n) is 3.13. The summed E-state index contributed by atoms with van der Waals surface area (Å²) in [5.41, 5.74) is 2.12. The van der Waals surface area contributed by atoms with E-state index in [1.807, 2.05) is 30.3 Å². The van der Waals surface area contributed by atoms with Gasteiger partial charge in [0.25, 0.3) is 0 Å². The fraction of sp³-hybridized carbons (Fsp3) is 0.500. The van der Waals surface area contributed by atoms with Crippen molar-refractivity contribution in [3.05, 3.63) is 23.4 Å². The molecule has 0 bridgehead atoms. The third-order valence-electron chi connectivity index (χ3n) is 4.53. The van der Waals surface area contributed by atoms with Gasteiger partial charge in [-0.25, -0.2) is 0 Å². The van der Waals surface area contributed by atoms with E-state index in [-0.39, 0.29) is 5.91 Å². The maximum Gasteiger partial charge on any atom is 0.219 e. The van der Waals surface area contributed by atoms with Gasteiger partial charge in [-0.15, -0.1) is 0 Å². The summed E-state index contributed by atoms with van der Waals surface area (Å²) in [6, 6.07) is 3.92. The molecule has 1 saturated heterocycles. The largest absolute Gasteiger partial charge is 0.371 e. The first-order chi connectivity index (χ1) is 10.5. The predicted octanol–water partition coefficient (Wildman–Crippen LogP) is 2.91. The highest BCUT2D eigenvalue weighted by molar-refractivity contribution is 6.31. The molecule has 1 aliphatic rings. The molecule has 22 heavy (non-hydrogen) atoms. The van der Waals surface area contributed by atoms with Gasteiger partial charge in [-0.2, -0.15) is 5.10 Å². The molecule has 0 spiro atoms. The Labute approximate surface area is 135 Å². The first-order valence-electron chi connectivity index (χ1n) is 7.64. The minimum Gasteiger partial charge on any atom is -0.371 e. The number of nitrogens with one attached hydrogen (secondary N) is 1. The van der Waals surface area contributed by atoms with Gasteiger partial charge in [0.2, 0.25) is 5.91 Å². The summed E-state index contributed by atoms with van der Waals surface area (Å²) in [5.74, 6) is 0.710. The number of aromatic nitrogens is 2. The highest BCUT2D eigenvalue weighted by Gasteiger charge is 2.23. The van der Waals surface area contributed by atoms with E-state index in [4.69, 9.17) is 11.6 Å². The van der Waals surface area contributed by atoms with Gasteiger partial charge >= 0.3 is 0 Å². The number of halogens is 1. The molecule has 2 heterocycles. The van der Waals surface area contributed by atoms with Crippen LogP contribution in [0.15, 0.2) is 18.3 Å². The number of anilines is 1. The van der Waals surface area contributed by atoms with Crippen LogP contribution in [0.25, 0.3) is 10.9 Å². The molecular weight excluding hydrogens is 300 g/mol. The zero-order valence-corrected chi connectivity index (χ0v) is 13.7. The van der Waals surface area contributed by atoms with E-state index in [0.717, 1.165) is 54.1 Å². The second kappa shape index (κ2) is 6.16. The lowest BCUT2D eigenvalue weighted by molar-refractivity contribution is -0.128. The maximum atomic E-state index is 11.3. The number of H-pyrrole nitrogens is 1. The number of carbonyl (C=O) groups is 1. The molecule has 0 radical (unpaired) electrons. The van der Waals surface area contributed by atoms with E-state index in [1.54, 1.807) is 6.92 Å². The van der Waals surface area contributed by atoms with Crippen molar-refractivity contribution in [1.82, 2.24) is 15.1 Å². The van der Waals surface area contributed by atoms with Gasteiger partial charge in [0.05, 0.1) is 11.7 Å². The molecule has 1 N–H and O–H groups in total.